The molecular formula is C12H16N4O4. The summed E-state index contributed by atoms with van der Waals surface area (Å²) in [6, 6.07) is 4.21. The first-order valence-electron chi connectivity index (χ1n) is 6.27. The minimum Gasteiger partial charge on any atom is -0.376 e. The van der Waals surface area contributed by atoms with Crippen molar-refractivity contribution >= 4 is 17.3 Å². The molecule has 8 nitrogen and oxygen atoms in total. The third-order valence-corrected chi connectivity index (χ3v) is 3.14. The van der Waals surface area contributed by atoms with E-state index in [1.807, 2.05) is 0 Å². The Morgan fingerprint density at radius 3 is 2.95 bits per heavy atom. The number of rotatable bonds is 5. The summed E-state index contributed by atoms with van der Waals surface area (Å²) in [6.07, 6.45) is 1.89. The topological polar surface area (TPSA) is 120 Å². The summed E-state index contributed by atoms with van der Waals surface area (Å²) < 4.78 is 5.39. The Balaban J connectivity index is 2.12. The van der Waals surface area contributed by atoms with Crippen molar-refractivity contribution in [1.82, 2.24) is 5.32 Å². The number of anilines is 1. The van der Waals surface area contributed by atoms with E-state index in [9.17, 15) is 14.9 Å². The van der Waals surface area contributed by atoms with Crippen LogP contribution >= 0.6 is 0 Å². The van der Waals surface area contributed by atoms with Gasteiger partial charge in [0.05, 0.1) is 16.6 Å². The van der Waals surface area contributed by atoms with Gasteiger partial charge in [-0.3, -0.25) is 20.8 Å². The van der Waals surface area contributed by atoms with Crippen LogP contribution in [0.15, 0.2) is 18.2 Å². The number of hydrazine groups is 1. The molecule has 1 fully saturated rings. The Kier molecular flexibility index (Phi) is 4.49. The molecule has 20 heavy (non-hydrogen) atoms. The molecule has 0 aliphatic carbocycles. The molecule has 2 rings (SSSR count). The Labute approximate surface area is 115 Å². The number of nitro benzene ring substituents is 1. The molecule has 1 unspecified atom stereocenters. The Bertz CT molecular complexity index is 514. The number of hydrogen-bond acceptors (Lipinski definition) is 6. The molecule has 1 aromatic carbocycles. The van der Waals surface area contributed by atoms with Gasteiger partial charge in [0.25, 0.3) is 11.6 Å². The average molecular weight is 280 g/mol. The van der Waals surface area contributed by atoms with Gasteiger partial charge >= 0.3 is 0 Å². The number of hydrogen-bond donors (Lipinski definition) is 3. The fraction of sp³-hybridized carbons (Fsp3) is 0.417. The zero-order valence-corrected chi connectivity index (χ0v) is 10.8. The maximum Gasteiger partial charge on any atom is 0.294 e. The number of nitro groups is 1. The molecule has 0 spiro atoms. The van der Waals surface area contributed by atoms with E-state index in [4.69, 9.17) is 10.6 Å². The van der Waals surface area contributed by atoms with E-state index in [2.05, 4.69) is 10.7 Å². The van der Waals surface area contributed by atoms with Gasteiger partial charge in [-0.2, -0.15) is 0 Å². The van der Waals surface area contributed by atoms with Crippen molar-refractivity contribution in [3.8, 4) is 0 Å². The van der Waals surface area contributed by atoms with Gasteiger partial charge in [-0.15, -0.1) is 0 Å². The van der Waals surface area contributed by atoms with Crippen molar-refractivity contribution in [3.63, 3.8) is 0 Å². The zero-order valence-electron chi connectivity index (χ0n) is 10.8. The number of para-hydroxylation sites is 1. The largest absolute Gasteiger partial charge is 0.376 e. The van der Waals surface area contributed by atoms with Crippen molar-refractivity contribution in [1.29, 1.82) is 0 Å². The van der Waals surface area contributed by atoms with Gasteiger partial charge in [0.15, 0.2) is 0 Å². The summed E-state index contributed by atoms with van der Waals surface area (Å²) in [5, 5.41) is 13.6. The van der Waals surface area contributed by atoms with Crippen molar-refractivity contribution in [2.24, 2.45) is 5.84 Å². The predicted molar refractivity (Wildman–Crippen MR) is 72.2 cm³/mol. The van der Waals surface area contributed by atoms with Gasteiger partial charge in [-0.05, 0) is 18.9 Å². The van der Waals surface area contributed by atoms with Crippen molar-refractivity contribution < 1.29 is 14.5 Å². The molecule has 1 aliphatic rings. The first-order chi connectivity index (χ1) is 9.63. The molecule has 1 heterocycles. The van der Waals surface area contributed by atoms with E-state index in [-0.39, 0.29) is 23.0 Å². The highest BCUT2D eigenvalue weighted by Crippen LogP contribution is 2.27. The normalized spacial score (nSPS) is 17.8. The fourth-order valence-corrected chi connectivity index (χ4v) is 2.14. The summed E-state index contributed by atoms with van der Waals surface area (Å²) in [5.41, 5.74) is 2.12. The number of ether oxygens (including phenoxy) is 1. The van der Waals surface area contributed by atoms with E-state index in [1.54, 1.807) is 0 Å². The standard InChI is InChI=1S/C12H16N4O4/c13-15-11-9(4-1-5-10(11)16(18)19)12(17)14-7-8-3-2-6-20-8/h1,4-5,8,15H,2-3,6-7,13H2,(H,14,17). The predicted octanol–water partition coefficient (Wildman–Crippen LogP) is 0.789. The van der Waals surface area contributed by atoms with Crippen LogP contribution in [-0.4, -0.2) is 30.1 Å². The van der Waals surface area contributed by atoms with E-state index in [1.165, 1.54) is 18.2 Å². The molecule has 0 bridgehead atoms. The maximum absolute atomic E-state index is 12.1. The minimum atomic E-state index is -0.591. The lowest BCUT2D eigenvalue weighted by Gasteiger charge is -2.12. The molecule has 1 aliphatic heterocycles. The van der Waals surface area contributed by atoms with Crippen molar-refractivity contribution in [3.05, 3.63) is 33.9 Å². The third-order valence-electron chi connectivity index (χ3n) is 3.14. The van der Waals surface area contributed by atoms with Crippen LogP contribution in [0, 0.1) is 10.1 Å². The van der Waals surface area contributed by atoms with Crippen LogP contribution in [0.1, 0.15) is 23.2 Å². The number of nitrogens with two attached hydrogens (primary N) is 1. The fourth-order valence-electron chi connectivity index (χ4n) is 2.14. The van der Waals surface area contributed by atoms with E-state index in [0.717, 1.165) is 12.8 Å². The van der Waals surface area contributed by atoms with Crippen LogP contribution in [-0.2, 0) is 4.74 Å². The minimum absolute atomic E-state index is 0.00217. The number of carbonyl (C=O) groups is 1. The number of nitrogens with one attached hydrogen (secondary N) is 2. The molecule has 0 aromatic heterocycles. The molecule has 1 amide bonds. The van der Waals surface area contributed by atoms with Gasteiger partial charge in [0, 0.05) is 19.2 Å². The van der Waals surface area contributed by atoms with Crippen LogP contribution in [0.25, 0.3) is 0 Å². The zero-order chi connectivity index (χ0) is 14.5. The highest BCUT2D eigenvalue weighted by Gasteiger charge is 2.22. The first-order valence-corrected chi connectivity index (χ1v) is 6.27. The molecule has 4 N–H and O–H groups in total. The van der Waals surface area contributed by atoms with E-state index in [0.29, 0.717) is 13.2 Å². The van der Waals surface area contributed by atoms with Crippen LogP contribution in [0.3, 0.4) is 0 Å². The quantitative estimate of drug-likeness (QED) is 0.416. The Morgan fingerprint density at radius 2 is 2.35 bits per heavy atom. The van der Waals surface area contributed by atoms with Crippen LogP contribution < -0.4 is 16.6 Å². The lowest BCUT2D eigenvalue weighted by molar-refractivity contribution is -0.384. The van der Waals surface area contributed by atoms with Crippen LogP contribution in [0.4, 0.5) is 11.4 Å². The molecule has 1 saturated heterocycles. The average Bonchev–Trinajstić information content (AvgIpc) is 2.97. The lowest BCUT2D eigenvalue weighted by Crippen LogP contribution is -2.32. The molecular weight excluding hydrogens is 264 g/mol. The Morgan fingerprint density at radius 1 is 1.55 bits per heavy atom. The second-order valence-electron chi connectivity index (χ2n) is 4.45. The maximum atomic E-state index is 12.1. The second-order valence-corrected chi connectivity index (χ2v) is 4.45. The van der Waals surface area contributed by atoms with Gasteiger partial charge in [-0.25, -0.2) is 0 Å². The van der Waals surface area contributed by atoms with Crippen molar-refractivity contribution in [2.45, 2.75) is 18.9 Å². The first kappa shape index (κ1) is 14.2. The van der Waals surface area contributed by atoms with Gasteiger partial charge in [0.2, 0.25) is 0 Å². The second kappa shape index (κ2) is 6.31. The van der Waals surface area contributed by atoms with Gasteiger partial charge in [-0.1, -0.05) is 6.07 Å². The number of carbonyl (C=O) groups excluding carboxylic acids is 1. The van der Waals surface area contributed by atoms with E-state index < -0.39 is 10.8 Å². The molecule has 8 heteroatoms. The summed E-state index contributed by atoms with van der Waals surface area (Å²) in [4.78, 5) is 22.4. The lowest BCUT2D eigenvalue weighted by atomic mass is 10.1. The van der Waals surface area contributed by atoms with Crippen molar-refractivity contribution in [2.75, 3.05) is 18.6 Å². The number of benzene rings is 1. The third kappa shape index (κ3) is 3.03. The number of nitrogens with zero attached hydrogens (tertiary/aromatic N) is 1. The molecule has 0 radical (unpaired) electrons. The summed E-state index contributed by atoms with van der Waals surface area (Å²) >= 11 is 0. The Hall–Kier alpha value is -2.19. The smallest absolute Gasteiger partial charge is 0.294 e. The van der Waals surface area contributed by atoms with Crippen LogP contribution in [0.2, 0.25) is 0 Å². The summed E-state index contributed by atoms with van der Waals surface area (Å²) in [7, 11) is 0. The highest BCUT2D eigenvalue weighted by atomic mass is 16.6. The number of nitrogen functional groups attached to an aromatic ring is 1. The molecule has 108 valence electrons. The van der Waals surface area contributed by atoms with Gasteiger partial charge < -0.3 is 15.5 Å². The highest BCUT2D eigenvalue weighted by molar-refractivity contribution is 6.01. The van der Waals surface area contributed by atoms with Gasteiger partial charge in [0.1, 0.15) is 5.69 Å². The molecule has 1 aromatic rings. The molecule has 1 atom stereocenters. The number of amides is 1. The molecule has 0 saturated carbocycles. The summed E-state index contributed by atoms with van der Waals surface area (Å²) in [6.45, 7) is 1.08. The SMILES string of the molecule is NNc1c(C(=O)NCC2CCCO2)cccc1[N+](=O)[O-]. The summed E-state index contributed by atoms with van der Waals surface area (Å²) in [5.74, 6) is 4.87. The van der Waals surface area contributed by atoms with E-state index >= 15 is 0 Å². The monoisotopic (exact) mass is 280 g/mol. The van der Waals surface area contributed by atoms with Crippen LogP contribution in [0.5, 0.6) is 0 Å².